The van der Waals surface area contributed by atoms with Crippen molar-refractivity contribution in [2.24, 2.45) is 23.7 Å². The van der Waals surface area contributed by atoms with Crippen molar-refractivity contribution in [3.63, 3.8) is 0 Å². The van der Waals surface area contributed by atoms with Gasteiger partial charge in [-0.1, -0.05) is 31.9 Å². The smallest absolute Gasteiger partial charge is 0.374 e. The van der Waals surface area contributed by atoms with Crippen LogP contribution in [0.3, 0.4) is 0 Å². The van der Waals surface area contributed by atoms with Gasteiger partial charge in [-0.25, -0.2) is 8.78 Å². The van der Waals surface area contributed by atoms with Crippen molar-refractivity contribution < 1.29 is 26.7 Å². The third kappa shape index (κ3) is 7.53. The Balaban J connectivity index is 1.22. The highest BCUT2D eigenvalue weighted by atomic mass is 19.4. The normalized spacial score (nSPS) is 33.0. The van der Waals surface area contributed by atoms with Crippen LogP contribution in [0, 0.1) is 29.5 Å². The Hall–Kier alpha value is -1.43. The van der Waals surface area contributed by atoms with Crippen molar-refractivity contribution in [3.8, 4) is 0 Å². The number of hydrogen-bond acceptors (Lipinski definition) is 1. The monoisotopic (exact) mass is 498 g/mol. The first-order valence-electron chi connectivity index (χ1n) is 13.5. The number of hydrogen-bond donors (Lipinski definition) is 0. The van der Waals surface area contributed by atoms with Gasteiger partial charge in [-0.05, 0) is 105 Å². The van der Waals surface area contributed by atoms with Crippen LogP contribution in [-0.2, 0) is 11.3 Å². The fourth-order valence-electron chi connectivity index (χ4n) is 6.64. The molecule has 35 heavy (non-hydrogen) atoms. The molecule has 0 unspecified atom stereocenters. The topological polar surface area (TPSA) is 9.23 Å². The van der Waals surface area contributed by atoms with Crippen molar-refractivity contribution in [2.45, 2.75) is 109 Å². The molecule has 1 nitrogen and oxygen atoms in total. The summed E-state index contributed by atoms with van der Waals surface area (Å²) in [5, 5.41) is 0. The van der Waals surface area contributed by atoms with E-state index in [0.29, 0.717) is 37.9 Å². The second-order valence-corrected chi connectivity index (χ2v) is 11.3. The van der Waals surface area contributed by atoms with Gasteiger partial charge in [-0.3, -0.25) is 0 Å². The molecule has 1 aromatic carbocycles. The van der Waals surface area contributed by atoms with Crippen molar-refractivity contribution in [1.29, 1.82) is 0 Å². The minimum absolute atomic E-state index is 0.0852. The van der Waals surface area contributed by atoms with Gasteiger partial charge >= 0.3 is 6.18 Å². The maximum absolute atomic E-state index is 14.9. The van der Waals surface area contributed by atoms with Gasteiger partial charge in [0.1, 0.15) is 11.6 Å². The Morgan fingerprint density at radius 3 is 2.06 bits per heavy atom. The van der Waals surface area contributed by atoms with E-state index in [1.807, 2.05) is 6.07 Å². The lowest BCUT2D eigenvalue weighted by molar-refractivity contribution is -0.0820. The second-order valence-electron chi connectivity index (χ2n) is 11.3. The predicted molar refractivity (Wildman–Crippen MR) is 128 cm³/mol. The van der Waals surface area contributed by atoms with Crippen LogP contribution in [0.5, 0.6) is 0 Å². The molecule has 3 saturated carbocycles. The molecule has 0 saturated heterocycles. The van der Waals surface area contributed by atoms with Gasteiger partial charge < -0.3 is 4.74 Å². The van der Waals surface area contributed by atoms with E-state index in [0.717, 1.165) is 36.2 Å². The Morgan fingerprint density at radius 1 is 0.886 bits per heavy atom. The first-order valence-corrected chi connectivity index (χ1v) is 13.5. The van der Waals surface area contributed by atoms with Crippen LogP contribution in [0.1, 0.15) is 101 Å². The highest BCUT2D eigenvalue weighted by Gasteiger charge is 2.32. The Bertz CT molecular complexity index is 839. The van der Waals surface area contributed by atoms with Gasteiger partial charge in [0, 0.05) is 5.92 Å². The quantitative estimate of drug-likeness (QED) is 0.355. The van der Waals surface area contributed by atoms with Crippen LogP contribution in [0.25, 0.3) is 0 Å². The first-order chi connectivity index (χ1) is 16.7. The highest BCUT2D eigenvalue weighted by molar-refractivity contribution is 5.27. The molecule has 3 aliphatic carbocycles. The minimum atomic E-state index is -4.64. The van der Waals surface area contributed by atoms with Gasteiger partial charge in [0.05, 0.1) is 18.8 Å². The van der Waals surface area contributed by atoms with Crippen LogP contribution in [0.15, 0.2) is 30.1 Å². The summed E-state index contributed by atoms with van der Waals surface area (Å²) in [5.74, 6) is 0.407. The SMILES string of the molecule is CC1CCC(C2CCC(OCc3ccc(C4CCC(/C(F)=C/C(F)(F)F)CC4)c(F)c3)CC2)CC1. The van der Waals surface area contributed by atoms with E-state index >= 15 is 0 Å². The van der Waals surface area contributed by atoms with E-state index in [4.69, 9.17) is 4.74 Å². The lowest BCUT2D eigenvalue weighted by Gasteiger charge is -2.37. The number of alkyl halides is 3. The molecule has 6 heteroatoms. The molecule has 0 atom stereocenters. The molecule has 0 bridgehead atoms. The van der Waals surface area contributed by atoms with E-state index in [2.05, 4.69) is 6.92 Å². The summed E-state index contributed by atoms with van der Waals surface area (Å²) in [6.45, 7) is 2.76. The van der Waals surface area contributed by atoms with Crippen molar-refractivity contribution in [2.75, 3.05) is 0 Å². The van der Waals surface area contributed by atoms with E-state index in [-0.39, 0.29) is 23.9 Å². The number of allylic oxidation sites excluding steroid dienone is 2. The Morgan fingerprint density at radius 2 is 1.49 bits per heavy atom. The van der Waals surface area contributed by atoms with Crippen LogP contribution >= 0.6 is 0 Å². The molecule has 3 aliphatic rings. The average Bonchev–Trinajstić information content (AvgIpc) is 2.83. The third-order valence-electron chi connectivity index (χ3n) is 8.86. The highest BCUT2D eigenvalue weighted by Crippen LogP contribution is 2.42. The van der Waals surface area contributed by atoms with Crippen molar-refractivity contribution in [3.05, 3.63) is 47.0 Å². The second kappa shape index (κ2) is 11.7. The third-order valence-corrected chi connectivity index (χ3v) is 8.86. The number of ether oxygens (including phenoxy) is 1. The fourth-order valence-corrected chi connectivity index (χ4v) is 6.64. The van der Waals surface area contributed by atoms with Gasteiger partial charge in [-0.15, -0.1) is 0 Å². The molecule has 0 amide bonds. The Kier molecular flexibility index (Phi) is 8.94. The maximum atomic E-state index is 14.9. The molecule has 0 spiro atoms. The molecule has 0 N–H and O–H groups in total. The zero-order valence-electron chi connectivity index (χ0n) is 20.8. The van der Waals surface area contributed by atoms with Gasteiger partial charge in [-0.2, -0.15) is 13.2 Å². The molecule has 4 rings (SSSR count). The van der Waals surface area contributed by atoms with Gasteiger partial charge in [0.15, 0.2) is 0 Å². The molecule has 196 valence electrons. The minimum Gasteiger partial charge on any atom is -0.374 e. The fraction of sp³-hybridized carbons (Fsp3) is 0.724. The summed E-state index contributed by atoms with van der Waals surface area (Å²) in [6.07, 6.45) is 7.07. The summed E-state index contributed by atoms with van der Waals surface area (Å²) in [4.78, 5) is 0. The average molecular weight is 499 g/mol. The zero-order valence-corrected chi connectivity index (χ0v) is 20.8. The summed E-state index contributed by atoms with van der Waals surface area (Å²) in [5.41, 5.74) is 1.39. The standard InChI is InChI=1S/C29H39F5O/c1-19-2-5-21(6-3-19)22-11-13-25(14-12-22)35-18-20-4-15-26(27(30)16-20)23-7-9-24(10-8-23)28(31)17-29(32,33)34/h4,15-17,19,21-25H,2-3,5-14,18H2,1H3/b28-17-. The van der Waals surface area contributed by atoms with E-state index < -0.39 is 17.9 Å². The van der Waals surface area contributed by atoms with Crippen molar-refractivity contribution in [1.82, 2.24) is 0 Å². The predicted octanol–water partition coefficient (Wildman–Crippen LogP) is 9.42. The van der Waals surface area contributed by atoms with Crippen LogP contribution in [0.4, 0.5) is 22.0 Å². The molecule has 0 aliphatic heterocycles. The summed E-state index contributed by atoms with van der Waals surface area (Å²) in [7, 11) is 0. The molecular weight excluding hydrogens is 459 g/mol. The Labute approximate surface area is 206 Å². The first kappa shape index (κ1) is 26.6. The number of rotatable bonds is 6. The molecule has 0 heterocycles. The zero-order chi connectivity index (χ0) is 25.0. The summed E-state index contributed by atoms with van der Waals surface area (Å²) < 4.78 is 72.1. The number of halogens is 5. The van der Waals surface area contributed by atoms with Crippen LogP contribution in [0.2, 0.25) is 0 Å². The molecule has 0 aromatic heterocycles. The molecule has 1 aromatic rings. The van der Waals surface area contributed by atoms with Gasteiger partial charge in [0.25, 0.3) is 0 Å². The largest absolute Gasteiger partial charge is 0.412 e. The number of benzene rings is 1. The lowest BCUT2D eigenvalue weighted by Crippen LogP contribution is -2.28. The molecular formula is C29H39F5O. The van der Waals surface area contributed by atoms with E-state index in [1.54, 1.807) is 6.07 Å². The van der Waals surface area contributed by atoms with E-state index in [9.17, 15) is 22.0 Å². The van der Waals surface area contributed by atoms with Crippen LogP contribution in [-0.4, -0.2) is 12.3 Å². The van der Waals surface area contributed by atoms with Gasteiger partial charge in [0.2, 0.25) is 0 Å². The maximum Gasteiger partial charge on any atom is 0.412 e. The molecule has 3 fully saturated rings. The van der Waals surface area contributed by atoms with Crippen LogP contribution < -0.4 is 0 Å². The lowest BCUT2D eigenvalue weighted by atomic mass is 9.71. The van der Waals surface area contributed by atoms with Crippen molar-refractivity contribution >= 4 is 0 Å². The summed E-state index contributed by atoms with van der Waals surface area (Å²) in [6, 6.07) is 5.20. The summed E-state index contributed by atoms with van der Waals surface area (Å²) >= 11 is 0. The van der Waals surface area contributed by atoms with E-state index in [1.165, 1.54) is 44.6 Å². The molecule has 0 radical (unpaired) electrons.